The highest BCUT2D eigenvalue weighted by Crippen LogP contribution is 2.58. The average molecular weight is 378 g/mol. The minimum Gasteiger partial charge on any atom is -0.381 e. The van der Waals surface area contributed by atoms with Crippen molar-refractivity contribution in [3.8, 4) is 0 Å². The highest BCUT2D eigenvalue weighted by atomic mass is 35.5. The van der Waals surface area contributed by atoms with E-state index >= 15 is 0 Å². The van der Waals surface area contributed by atoms with Crippen molar-refractivity contribution < 1.29 is 9.18 Å². The predicted molar refractivity (Wildman–Crippen MR) is 101 cm³/mol. The summed E-state index contributed by atoms with van der Waals surface area (Å²) in [6, 6.07) is 4.63. The number of halogens is 3. The third-order valence-electron chi connectivity index (χ3n) is 4.79. The summed E-state index contributed by atoms with van der Waals surface area (Å²) in [7, 11) is 0. The molecule has 1 atom stereocenters. The van der Waals surface area contributed by atoms with E-state index in [1.165, 1.54) is 12.1 Å². The van der Waals surface area contributed by atoms with Crippen LogP contribution in [-0.2, 0) is 4.79 Å². The van der Waals surface area contributed by atoms with Gasteiger partial charge in [-0.1, -0.05) is 0 Å². The molecule has 0 aromatic heterocycles. The number of hydrogen-bond acceptors (Lipinski definition) is 3. The SMILES string of the molecule is CC(C)Nc1cc(F)ccc1NC(=O)C1CC12CCNCC2.Cl.Cl. The molecule has 2 fully saturated rings. The summed E-state index contributed by atoms with van der Waals surface area (Å²) in [5.74, 6) is -0.130. The second-order valence-corrected chi connectivity index (χ2v) is 6.85. The van der Waals surface area contributed by atoms with Gasteiger partial charge in [0.25, 0.3) is 0 Å². The maximum absolute atomic E-state index is 13.4. The average Bonchev–Trinajstić information content (AvgIpc) is 3.15. The van der Waals surface area contributed by atoms with Crippen LogP contribution in [0.4, 0.5) is 15.8 Å². The van der Waals surface area contributed by atoms with E-state index in [-0.39, 0.29) is 53.9 Å². The molecule has 1 aromatic rings. The van der Waals surface area contributed by atoms with Gasteiger partial charge in [0.2, 0.25) is 5.91 Å². The summed E-state index contributed by atoms with van der Waals surface area (Å²) in [5, 5.41) is 9.52. The molecule has 3 rings (SSSR count). The van der Waals surface area contributed by atoms with Crippen LogP contribution in [0.3, 0.4) is 0 Å². The molecule has 1 aromatic carbocycles. The lowest BCUT2D eigenvalue weighted by molar-refractivity contribution is -0.118. The van der Waals surface area contributed by atoms with E-state index in [9.17, 15) is 9.18 Å². The molecular weight excluding hydrogens is 352 g/mol. The Labute approximate surface area is 155 Å². The Kier molecular flexibility index (Phi) is 7.32. The first kappa shape index (κ1) is 21.0. The molecule has 0 bridgehead atoms. The van der Waals surface area contributed by atoms with Crippen LogP contribution < -0.4 is 16.0 Å². The number of carbonyl (C=O) groups excluding carboxylic acids is 1. The molecule has 1 amide bonds. The molecule has 4 nitrogen and oxygen atoms in total. The van der Waals surface area contributed by atoms with Crippen LogP contribution in [0.15, 0.2) is 18.2 Å². The fourth-order valence-corrected chi connectivity index (χ4v) is 3.47. The lowest BCUT2D eigenvalue weighted by Crippen LogP contribution is -2.31. The Morgan fingerprint density at radius 1 is 1.25 bits per heavy atom. The molecule has 1 unspecified atom stereocenters. The minimum atomic E-state index is -0.303. The fourth-order valence-electron chi connectivity index (χ4n) is 3.47. The normalized spacial score (nSPS) is 20.8. The molecule has 1 aliphatic heterocycles. The Morgan fingerprint density at radius 2 is 1.92 bits per heavy atom. The van der Waals surface area contributed by atoms with Crippen molar-refractivity contribution in [2.45, 2.75) is 39.2 Å². The van der Waals surface area contributed by atoms with Crippen molar-refractivity contribution in [3.63, 3.8) is 0 Å². The van der Waals surface area contributed by atoms with Crippen LogP contribution in [0, 0.1) is 17.2 Å². The van der Waals surface area contributed by atoms with Crippen LogP contribution in [0.25, 0.3) is 0 Å². The third kappa shape index (κ3) is 4.52. The van der Waals surface area contributed by atoms with E-state index < -0.39 is 0 Å². The van der Waals surface area contributed by atoms with Crippen LogP contribution in [0.5, 0.6) is 0 Å². The lowest BCUT2D eigenvalue weighted by Gasteiger charge is -2.23. The molecule has 24 heavy (non-hydrogen) atoms. The molecule has 2 aliphatic rings. The zero-order valence-electron chi connectivity index (χ0n) is 14.0. The quantitative estimate of drug-likeness (QED) is 0.747. The van der Waals surface area contributed by atoms with Gasteiger partial charge in [0.1, 0.15) is 5.82 Å². The van der Waals surface area contributed by atoms with Crippen LogP contribution in [0.2, 0.25) is 0 Å². The second kappa shape index (κ2) is 8.37. The largest absolute Gasteiger partial charge is 0.381 e. The third-order valence-corrected chi connectivity index (χ3v) is 4.79. The zero-order chi connectivity index (χ0) is 15.7. The molecule has 3 N–H and O–H groups in total. The standard InChI is InChI=1S/C17H24FN3O.2ClH/c1-11(2)20-15-9-12(18)3-4-14(15)21-16(22)13-10-17(13)5-7-19-8-6-17;;/h3-4,9,11,13,19-20H,5-8,10H2,1-2H3,(H,21,22);2*1H. The van der Waals surface area contributed by atoms with Crippen LogP contribution >= 0.6 is 24.8 Å². The topological polar surface area (TPSA) is 53.2 Å². The van der Waals surface area contributed by atoms with Crippen LogP contribution in [0.1, 0.15) is 33.1 Å². The highest BCUT2D eigenvalue weighted by molar-refractivity contribution is 5.97. The molecule has 1 saturated carbocycles. The number of hydrogen-bond donors (Lipinski definition) is 3. The van der Waals surface area contributed by atoms with E-state index in [1.54, 1.807) is 6.07 Å². The summed E-state index contributed by atoms with van der Waals surface area (Å²) in [6.07, 6.45) is 3.13. The van der Waals surface area contributed by atoms with E-state index in [2.05, 4.69) is 16.0 Å². The summed E-state index contributed by atoms with van der Waals surface area (Å²) in [5.41, 5.74) is 1.51. The molecule has 136 valence electrons. The van der Waals surface area contributed by atoms with Crippen molar-refractivity contribution in [2.75, 3.05) is 23.7 Å². The van der Waals surface area contributed by atoms with Gasteiger partial charge in [-0.3, -0.25) is 4.79 Å². The van der Waals surface area contributed by atoms with E-state index in [0.717, 1.165) is 32.4 Å². The van der Waals surface area contributed by atoms with Gasteiger partial charge in [0.05, 0.1) is 11.4 Å². The van der Waals surface area contributed by atoms with E-state index in [0.29, 0.717) is 11.4 Å². The number of rotatable bonds is 4. The molecule has 1 spiro atoms. The number of anilines is 2. The first-order valence-electron chi connectivity index (χ1n) is 8.08. The summed E-state index contributed by atoms with van der Waals surface area (Å²) in [4.78, 5) is 12.5. The second-order valence-electron chi connectivity index (χ2n) is 6.85. The summed E-state index contributed by atoms with van der Waals surface area (Å²) >= 11 is 0. The lowest BCUT2D eigenvalue weighted by atomic mass is 9.92. The monoisotopic (exact) mass is 377 g/mol. The molecule has 1 saturated heterocycles. The van der Waals surface area contributed by atoms with E-state index in [4.69, 9.17) is 0 Å². The number of amides is 1. The summed E-state index contributed by atoms with van der Waals surface area (Å²) in [6.45, 7) is 5.98. The zero-order valence-corrected chi connectivity index (χ0v) is 15.7. The van der Waals surface area contributed by atoms with Gasteiger partial charge in [-0.2, -0.15) is 0 Å². The van der Waals surface area contributed by atoms with Crippen molar-refractivity contribution in [2.24, 2.45) is 11.3 Å². The summed E-state index contributed by atoms with van der Waals surface area (Å²) < 4.78 is 13.4. The Balaban J connectivity index is 0.00000144. The van der Waals surface area contributed by atoms with Gasteiger partial charge in [0, 0.05) is 12.0 Å². The number of benzene rings is 1. The van der Waals surface area contributed by atoms with Gasteiger partial charge in [-0.05, 0) is 69.8 Å². The Morgan fingerprint density at radius 3 is 2.54 bits per heavy atom. The van der Waals surface area contributed by atoms with E-state index in [1.807, 2.05) is 13.8 Å². The highest BCUT2D eigenvalue weighted by Gasteiger charge is 2.57. The number of nitrogens with one attached hydrogen (secondary N) is 3. The first-order valence-corrected chi connectivity index (χ1v) is 8.08. The molecule has 7 heteroatoms. The van der Waals surface area contributed by atoms with Crippen molar-refractivity contribution in [1.29, 1.82) is 0 Å². The minimum absolute atomic E-state index is 0. The first-order chi connectivity index (χ1) is 10.5. The van der Waals surface area contributed by atoms with Crippen LogP contribution in [-0.4, -0.2) is 25.0 Å². The van der Waals surface area contributed by atoms with Crippen molar-refractivity contribution in [1.82, 2.24) is 5.32 Å². The Hall–Kier alpha value is -1.04. The molecular formula is C17H26Cl2FN3O. The van der Waals surface area contributed by atoms with Gasteiger partial charge in [-0.15, -0.1) is 24.8 Å². The maximum atomic E-state index is 13.4. The molecule has 1 aliphatic carbocycles. The van der Waals surface area contributed by atoms with Crippen molar-refractivity contribution >= 4 is 42.1 Å². The fraction of sp³-hybridized carbons (Fsp3) is 0.588. The molecule has 1 heterocycles. The Bertz CT molecular complexity index is 577. The number of piperidine rings is 1. The van der Waals surface area contributed by atoms with Gasteiger partial charge >= 0.3 is 0 Å². The molecule has 0 radical (unpaired) electrons. The van der Waals surface area contributed by atoms with Crippen molar-refractivity contribution in [3.05, 3.63) is 24.0 Å². The number of carbonyl (C=O) groups is 1. The van der Waals surface area contributed by atoms with Gasteiger partial charge in [0.15, 0.2) is 0 Å². The van der Waals surface area contributed by atoms with Gasteiger partial charge < -0.3 is 16.0 Å². The maximum Gasteiger partial charge on any atom is 0.228 e. The van der Waals surface area contributed by atoms with Gasteiger partial charge in [-0.25, -0.2) is 4.39 Å². The predicted octanol–water partition coefficient (Wildman–Crippen LogP) is 3.82. The smallest absolute Gasteiger partial charge is 0.228 e.